The van der Waals surface area contributed by atoms with Gasteiger partial charge in [-0.3, -0.25) is 4.90 Å². The Morgan fingerprint density at radius 3 is 2.36 bits per heavy atom. The Bertz CT molecular complexity index is 918. The molecule has 0 spiro atoms. The van der Waals surface area contributed by atoms with E-state index in [1.807, 2.05) is 6.07 Å². The fourth-order valence-corrected chi connectivity index (χ4v) is 5.96. The summed E-state index contributed by atoms with van der Waals surface area (Å²) in [6.07, 6.45) is 7.69. The Kier molecular flexibility index (Phi) is 7.07. The van der Waals surface area contributed by atoms with Gasteiger partial charge in [0.05, 0.1) is 20.8 Å². The Labute approximate surface area is 198 Å². The summed E-state index contributed by atoms with van der Waals surface area (Å²) in [6, 6.07) is 13.6. The van der Waals surface area contributed by atoms with Crippen molar-refractivity contribution in [1.29, 1.82) is 0 Å². The minimum Gasteiger partial charge on any atom is -0.497 e. The van der Waals surface area contributed by atoms with Gasteiger partial charge in [0.1, 0.15) is 17.2 Å². The first-order valence-corrected chi connectivity index (χ1v) is 12.7. The van der Waals surface area contributed by atoms with Crippen molar-refractivity contribution in [3.8, 4) is 17.2 Å². The van der Waals surface area contributed by atoms with E-state index in [1.54, 1.807) is 14.2 Å². The number of hydrogen-bond acceptors (Lipinski definition) is 5. The van der Waals surface area contributed by atoms with E-state index in [0.717, 1.165) is 43.4 Å². The third kappa shape index (κ3) is 4.99. The van der Waals surface area contributed by atoms with E-state index in [9.17, 15) is 0 Å². The molecule has 3 aliphatic heterocycles. The van der Waals surface area contributed by atoms with Crippen LogP contribution in [0.5, 0.6) is 17.2 Å². The maximum Gasteiger partial charge on any atom is 0.122 e. The topological polar surface area (TPSA) is 34.2 Å². The van der Waals surface area contributed by atoms with Crippen molar-refractivity contribution in [2.75, 3.05) is 53.6 Å². The van der Waals surface area contributed by atoms with E-state index in [1.165, 1.54) is 68.4 Å². The maximum atomic E-state index is 6.24. The van der Waals surface area contributed by atoms with E-state index in [4.69, 9.17) is 14.2 Å². The van der Waals surface area contributed by atoms with Crippen molar-refractivity contribution in [2.45, 2.75) is 50.5 Å². The Balaban J connectivity index is 1.34. The quantitative estimate of drug-likeness (QED) is 0.514. The van der Waals surface area contributed by atoms with Crippen molar-refractivity contribution in [3.05, 3.63) is 53.1 Å². The van der Waals surface area contributed by atoms with Crippen molar-refractivity contribution in [3.63, 3.8) is 0 Å². The Morgan fingerprint density at radius 2 is 1.61 bits per heavy atom. The second kappa shape index (κ2) is 10.4. The summed E-state index contributed by atoms with van der Waals surface area (Å²) >= 11 is 0. The predicted molar refractivity (Wildman–Crippen MR) is 132 cm³/mol. The number of nitrogens with zero attached hydrogens (tertiary/aromatic N) is 2. The van der Waals surface area contributed by atoms with Crippen LogP contribution in [-0.4, -0.2) is 63.4 Å². The second-order valence-electron chi connectivity index (χ2n) is 9.75. The molecule has 2 aromatic rings. The van der Waals surface area contributed by atoms with Gasteiger partial charge in [-0.2, -0.15) is 0 Å². The zero-order chi connectivity index (χ0) is 22.6. The number of ether oxygens (including phenoxy) is 3. The molecule has 5 heteroatoms. The van der Waals surface area contributed by atoms with Gasteiger partial charge in [-0.1, -0.05) is 12.5 Å². The van der Waals surface area contributed by atoms with E-state index in [2.05, 4.69) is 40.1 Å². The molecule has 3 heterocycles. The average Bonchev–Trinajstić information content (AvgIpc) is 3.35. The third-order valence-electron chi connectivity index (χ3n) is 7.69. The highest BCUT2D eigenvalue weighted by Crippen LogP contribution is 2.46. The van der Waals surface area contributed by atoms with Gasteiger partial charge in [0.2, 0.25) is 0 Å². The first kappa shape index (κ1) is 22.5. The summed E-state index contributed by atoms with van der Waals surface area (Å²) in [5, 5.41) is 0. The van der Waals surface area contributed by atoms with Crippen molar-refractivity contribution < 1.29 is 14.2 Å². The molecule has 178 valence electrons. The van der Waals surface area contributed by atoms with Gasteiger partial charge in [-0.15, -0.1) is 0 Å². The van der Waals surface area contributed by atoms with Crippen molar-refractivity contribution >= 4 is 0 Å². The number of piperidine rings is 1. The molecule has 0 N–H and O–H groups in total. The molecule has 2 aromatic carbocycles. The van der Waals surface area contributed by atoms with Gasteiger partial charge in [0.15, 0.2) is 0 Å². The molecule has 5 nitrogen and oxygen atoms in total. The smallest absolute Gasteiger partial charge is 0.122 e. The number of likely N-dealkylation sites (tertiary alicyclic amines) is 1. The average molecular weight is 451 g/mol. The highest BCUT2D eigenvalue weighted by atomic mass is 16.5. The Morgan fingerprint density at radius 1 is 0.818 bits per heavy atom. The lowest BCUT2D eigenvalue weighted by atomic mass is 9.81. The van der Waals surface area contributed by atoms with Gasteiger partial charge in [-0.25, -0.2) is 0 Å². The van der Waals surface area contributed by atoms with E-state index >= 15 is 0 Å². The van der Waals surface area contributed by atoms with Gasteiger partial charge < -0.3 is 19.1 Å². The van der Waals surface area contributed by atoms with Crippen LogP contribution >= 0.6 is 0 Å². The molecule has 2 saturated heterocycles. The van der Waals surface area contributed by atoms with Crippen LogP contribution in [0, 0.1) is 0 Å². The van der Waals surface area contributed by atoms with Crippen LogP contribution in [0.15, 0.2) is 36.4 Å². The van der Waals surface area contributed by atoms with Crippen LogP contribution in [0.3, 0.4) is 0 Å². The number of fused-ring (bicyclic) bond motifs is 3. The van der Waals surface area contributed by atoms with Gasteiger partial charge >= 0.3 is 0 Å². The summed E-state index contributed by atoms with van der Waals surface area (Å²) < 4.78 is 17.4. The van der Waals surface area contributed by atoms with Crippen molar-refractivity contribution in [2.24, 2.45) is 0 Å². The number of methoxy groups -OCH3 is 2. The number of hydrogen-bond donors (Lipinski definition) is 0. The summed E-state index contributed by atoms with van der Waals surface area (Å²) in [7, 11) is 3.44. The molecule has 2 fully saturated rings. The normalized spacial score (nSPS) is 23.1. The number of rotatable bonds is 8. The van der Waals surface area contributed by atoms with E-state index in [0.29, 0.717) is 12.0 Å². The van der Waals surface area contributed by atoms with Crippen LogP contribution in [0.4, 0.5) is 0 Å². The first-order chi connectivity index (χ1) is 16.2. The Hall–Kier alpha value is -2.24. The van der Waals surface area contributed by atoms with E-state index in [-0.39, 0.29) is 0 Å². The molecule has 0 saturated carbocycles. The van der Waals surface area contributed by atoms with E-state index < -0.39 is 0 Å². The molecule has 0 radical (unpaired) electrons. The fourth-order valence-electron chi connectivity index (χ4n) is 5.96. The molecular weight excluding hydrogens is 412 g/mol. The SMILES string of the molecule is COc1cc(OC)cc(C2CN3CCCC3c3cc(OCCCN4CCCCC4)ccc32)c1. The monoisotopic (exact) mass is 450 g/mol. The molecule has 2 unspecified atom stereocenters. The molecule has 0 aromatic heterocycles. The first-order valence-electron chi connectivity index (χ1n) is 12.7. The lowest BCUT2D eigenvalue weighted by Crippen LogP contribution is -2.34. The van der Waals surface area contributed by atoms with Crippen LogP contribution < -0.4 is 14.2 Å². The maximum absolute atomic E-state index is 6.24. The van der Waals surface area contributed by atoms with Gasteiger partial charge in [0, 0.05) is 31.1 Å². The lowest BCUT2D eigenvalue weighted by Gasteiger charge is -2.38. The molecule has 0 aliphatic carbocycles. The van der Waals surface area contributed by atoms with Crippen LogP contribution in [-0.2, 0) is 0 Å². The predicted octanol–water partition coefficient (Wildman–Crippen LogP) is 5.24. The molecule has 5 rings (SSSR count). The lowest BCUT2D eigenvalue weighted by molar-refractivity contribution is 0.204. The fraction of sp³-hybridized carbons (Fsp3) is 0.571. The van der Waals surface area contributed by atoms with Crippen LogP contribution in [0.1, 0.15) is 67.2 Å². The zero-order valence-electron chi connectivity index (χ0n) is 20.2. The summed E-state index contributed by atoms with van der Waals surface area (Å²) in [5.74, 6) is 3.03. The third-order valence-corrected chi connectivity index (χ3v) is 7.69. The second-order valence-corrected chi connectivity index (χ2v) is 9.75. The van der Waals surface area contributed by atoms with Crippen LogP contribution in [0.2, 0.25) is 0 Å². The largest absolute Gasteiger partial charge is 0.497 e. The van der Waals surface area contributed by atoms with Gasteiger partial charge in [0.25, 0.3) is 0 Å². The summed E-state index contributed by atoms with van der Waals surface area (Å²) in [4.78, 5) is 5.24. The minimum atomic E-state index is 0.312. The molecule has 0 amide bonds. The van der Waals surface area contributed by atoms with Crippen LogP contribution in [0.25, 0.3) is 0 Å². The minimum absolute atomic E-state index is 0.312. The molecule has 2 atom stereocenters. The highest BCUT2D eigenvalue weighted by Gasteiger charge is 2.37. The summed E-state index contributed by atoms with van der Waals surface area (Å²) in [6.45, 7) is 6.67. The van der Waals surface area contributed by atoms with Crippen molar-refractivity contribution in [1.82, 2.24) is 9.80 Å². The molecule has 33 heavy (non-hydrogen) atoms. The molecule has 3 aliphatic rings. The highest BCUT2D eigenvalue weighted by molar-refractivity contribution is 5.49. The summed E-state index contributed by atoms with van der Waals surface area (Å²) in [5.41, 5.74) is 4.13. The molecular formula is C28H38N2O3. The number of benzene rings is 2. The zero-order valence-corrected chi connectivity index (χ0v) is 20.2. The van der Waals surface area contributed by atoms with Gasteiger partial charge in [-0.05, 0) is 92.7 Å². The standard InChI is InChI=1S/C28H38N2O3/c1-31-23-16-21(17-24(18-23)32-2)27-20-30-14-6-8-28(30)26-19-22(9-10-25(26)27)33-15-7-13-29-11-4-3-5-12-29/h9-10,16-19,27-28H,3-8,11-15,20H2,1-2H3. The molecule has 0 bridgehead atoms.